The number of rotatable bonds is 4. The van der Waals surface area contributed by atoms with Crippen LogP contribution in [0.3, 0.4) is 0 Å². The lowest BCUT2D eigenvalue weighted by molar-refractivity contribution is 0.0740. The fourth-order valence-electron chi connectivity index (χ4n) is 1.59. The summed E-state index contributed by atoms with van der Waals surface area (Å²) < 4.78 is 0. The Kier molecular flexibility index (Phi) is 9.00. The molecule has 2 N–H and O–H groups in total. The highest BCUT2D eigenvalue weighted by Gasteiger charge is 2.21. The number of carbonyl (C=O) groups is 1. The number of halogens is 2. The molecule has 4 nitrogen and oxygen atoms in total. The Labute approximate surface area is 127 Å². The lowest BCUT2D eigenvalue weighted by Crippen LogP contribution is -2.39. The van der Waals surface area contributed by atoms with E-state index >= 15 is 0 Å². The SMILES string of the molecule is Cc1ccc(C(=O)N(C)CC(C)(C)CN)cn1.Cl.Cl. The van der Waals surface area contributed by atoms with E-state index < -0.39 is 0 Å². The van der Waals surface area contributed by atoms with E-state index in [-0.39, 0.29) is 36.1 Å². The summed E-state index contributed by atoms with van der Waals surface area (Å²) in [6, 6.07) is 3.64. The van der Waals surface area contributed by atoms with Crippen molar-refractivity contribution in [2.75, 3.05) is 20.1 Å². The molecule has 0 spiro atoms. The topological polar surface area (TPSA) is 59.2 Å². The minimum absolute atomic E-state index is 0. The molecule has 1 aromatic rings. The van der Waals surface area contributed by atoms with Gasteiger partial charge in [-0.25, -0.2) is 0 Å². The fourth-order valence-corrected chi connectivity index (χ4v) is 1.59. The van der Waals surface area contributed by atoms with Crippen molar-refractivity contribution < 1.29 is 4.79 Å². The summed E-state index contributed by atoms with van der Waals surface area (Å²) in [4.78, 5) is 17.9. The minimum Gasteiger partial charge on any atom is -0.341 e. The van der Waals surface area contributed by atoms with Gasteiger partial charge in [-0.15, -0.1) is 24.8 Å². The Morgan fingerprint density at radius 2 is 1.95 bits per heavy atom. The average molecular weight is 308 g/mol. The van der Waals surface area contributed by atoms with Gasteiger partial charge in [-0.2, -0.15) is 0 Å². The third kappa shape index (κ3) is 6.23. The second-order valence-corrected chi connectivity index (χ2v) is 5.22. The quantitative estimate of drug-likeness (QED) is 0.928. The molecule has 1 heterocycles. The van der Waals surface area contributed by atoms with Crippen molar-refractivity contribution >= 4 is 30.7 Å². The number of nitrogens with zero attached hydrogens (tertiary/aromatic N) is 2. The van der Waals surface area contributed by atoms with E-state index in [9.17, 15) is 4.79 Å². The summed E-state index contributed by atoms with van der Waals surface area (Å²) in [6.45, 7) is 7.18. The minimum atomic E-state index is -0.0669. The van der Waals surface area contributed by atoms with Gasteiger partial charge in [-0.3, -0.25) is 9.78 Å². The van der Waals surface area contributed by atoms with Gasteiger partial charge in [0.15, 0.2) is 0 Å². The smallest absolute Gasteiger partial charge is 0.255 e. The number of aryl methyl sites for hydroxylation is 1. The van der Waals surface area contributed by atoms with E-state index in [1.54, 1.807) is 24.2 Å². The second kappa shape index (κ2) is 8.35. The molecule has 1 aromatic heterocycles. The van der Waals surface area contributed by atoms with Crippen LogP contribution in [0.5, 0.6) is 0 Å². The predicted molar refractivity (Wildman–Crippen MR) is 83.3 cm³/mol. The van der Waals surface area contributed by atoms with E-state index in [0.29, 0.717) is 18.7 Å². The molecule has 1 amide bonds. The van der Waals surface area contributed by atoms with Crippen molar-refractivity contribution in [2.45, 2.75) is 20.8 Å². The summed E-state index contributed by atoms with van der Waals surface area (Å²) in [6.07, 6.45) is 1.61. The number of hydrogen-bond acceptors (Lipinski definition) is 3. The summed E-state index contributed by atoms with van der Waals surface area (Å²) in [5, 5.41) is 0. The summed E-state index contributed by atoms with van der Waals surface area (Å²) in [7, 11) is 1.79. The first-order valence-electron chi connectivity index (χ1n) is 5.74. The predicted octanol–water partition coefficient (Wildman–Crippen LogP) is 2.29. The van der Waals surface area contributed by atoms with Crippen molar-refractivity contribution in [2.24, 2.45) is 11.1 Å². The Morgan fingerprint density at radius 1 is 1.37 bits per heavy atom. The molecule has 0 radical (unpaired) electrons. The molecule has 0 saturated carbocycles. The van der Waals surface area contributed by atoms with Crippen LogP contribution in [-0.4, -0.2) is 35.9 Å². The molecule has 0 aromatic carbocycles. The van der Waals surface area contributed by atoms with Crippen molar-refractivity contribution in [1.82, 2.24) is 9.88 Å². The Bertz CT molecular complexity index is 393. The first-order valence-corrected chi connectivity index (χ1v) is 5.74. The van der Waals surface area contributed by atoms with Crippen LogP contribution in [0.4, 0.5) is 0 Å². The molecule has 0 aliphatic rings. The molecular weight excluding hydrogens is 285 g/mol. The van der Waals surface area contributed by atoms with Gasteiger partial charge >= 0.3 is 0 Å². The van der Waals surface area contributed by atoms with Crippen molar-refractivity contribution in [1.29, 1.82) is 0 Å². The Morgan fingerprint density at radius 3 is 2.37 bits per heavy atom. The molecule has 0 unspecified atom stereocenters. The van der Waals surface area contributed by atoms with Crippen LogP contribution in [0.15, 0.2) is 18.3 Å². The maximum absolute atomic E-state index is 12.1. The lowest BCUT2D eigenvalue weighted by Gasteiger charge is -2.29. The van der Waals surface area contributed by atoms with Crippen LogP contribution >= 0.6 is 24.8 Å². The zero-order chi connectivity index (χ0) is 13.1. The summed E-state index contributed by atoms with van der Waals surface area (Å²) >= 11 is 0. The van der Waals surface area contributed by atoms with Crippen LogP contribution in [-0.2, 0) is 0 Å². The number of nitrogens with two attached hydrogens (primary N) is 1. The van der Waals surface area contributed by atoms with E-state index in [0.717, 1.165) is 5.69 Å². The zero-order valence-electron chi connectivity index (χ0n) is 11.8. The molecule has 0 atom stereocenters. The standard InChI is InChI=1S/C13H21N3O.2ClH/c1-10-5-6-11(7-15-10)12(17)16(4)9-13(2,3)8-14;;/h5-7H,8-9,14H2,1-4H3;2*1H. The van der Waals surface area contributed by atoms with Crippen LogP contribution in [0.2, 0.25) is 0 Å². The van der Waals surface area contributed by atoms with Gasteiger partial charge in [-0.1, -0.05) is 13.8 Å². The van der Waals surface area contributed by atoms with Crippen molar-refractivity contribution in [3.05, 3.63) is 29.6 Å². The molecule has 0 fully saturated rings. The Balaban J connectivity index is 0. The van der Waals surface area contributed by atoms with Crippen LogP contribution in [0.25, 0.3) is 0 Å². The van der Waals surface area contributed by atoms with E-state index in [2.05, 4.69) is 4.98 Å². The summed E-state index contributed by atoms with van der Waals surface area (Å²) in [5.74, 6) is -0.0148. The maximum atomic E-state index is 12.1. The highest BCUT2D eigenvalue weighted by molar-refractivity contribution is 5.93. The molecule has 19 heavy (non-hydrogen) atoms. The first-order chi connectivity index (χ1) is 7.85. The molecule has 0 bridgehead atoms. The van der Waals surface area contributed by atoms with Gasteiger partial charge in [0.2, 0.25) is 0 Å². The maximum Gasteiger partial charge on any atom is 0.255 e. The molecule has 6 heteroatoms. The molecule has 0 aliphatic heterocycles. The third-order valence-electron chi connectivity index (χ3n) is 2.72. The molecule has 110 valence electrons. The number of carbonyl (C=O) groups excluding carboxylic acids is 1. The molecule has 0 aliphatic carbocycles. The van der Waals surface area contributed by atoms with Crippen molar-refractivity contribution in [3.63, 3.8) is 0 Å². The highest BCUT2D eigenvalue weighted by atomic mass is 35.5. The molecule has 1 rings (SSSR count). The van der Waals surface area contributed by atoms with Gasteiger partial charge in [0.05, 0.1) is 5.56 Å². The van der Waals surface area contributed by atoms with Crippen LogP contribution in [0.1, 0.15) is 29.9 Å². The van der Waals surface area contributed by atoms with Gasteiger partial charge in [-0.05, 0) is 31.0 Å². The van der Waals surface area contributed by atoms with E-state index in [4.69, 9.17) is 5.73 Å². The highest BCUT2D eigenvalue weighted by Crippen LogP contribution is 2.15. The van der Waals surface area contributed by atoms with Gasteiger partial charge in [0.25, 0.3) is 5.91 Å². The number of aromatic nitrogens is 1. The third-order valence-corrected chi connectivity index (χ3v) is 2.72. The van der Waals surface area contributed by atoms with Crippen LogP contribution < -0.4 is 5.73 Å². The van der Waals surface area contributed by atoms with Crippen molar-refractivity contribution in [3.8, 4) is 0 Å². The number of hydrogen-bond donors (Lipinski definition) is 1. The normalized spacial score (nSPS) is 10.2. The molecular formula is C13H23Cl2N3O. The fraction of sp³-hybridized carbons (Fsp3) is 0.538. The van der Waals surface area contributed by atoms with Gasteiger partial charge < -0.3 is 10.6 Å². The van der Waals surface area contributed by atoms with Gasteiger partial charge in [0, 0.05) is 25.5 Å². The summed E-state index contributed by atoms with van der Waals surface area (Å²) in [5.41, 5.74) is 7.12. The van der Waals surface area contributed by atoms with E-state index in [1.807, 2.05) is 26.8 Å². The number of amides is 1. The van der Waals surface area contributed by atoms with Gasteiger partial charge in [0.1, 0.15) is 0 Å². The largest absolute Gasteiger partial charge is 0.341 e. The monoisotopic (exact) mass is 307 g/mol. The zero-order valence-corrected chi connectivity index (χ0v) is 13.5. The van der Waals surface area contributed by atoms with Crippen LogP contribution in [0, 0.1) is 12.3 Å². The first kappa shape index (κ1) is 20.5. The molecule has 0 saturated heterocycles. The average Bonchev–Trinajstić information content (AvgIpc) is 2.28. The lowest BCUT2D eigenvalue weighted by atomic mass is 9.93. The number of pyridine rings is 1. The van der Waals surface area contributed by atoms with E-state index in [1.165, 1.54) is 0 Å². The second-order valence-electron chi connectivity index (χ2n) is 5.22. The Hall–Kier alpha value is -0.840.